The van der Waals surface area contributed by atoms with Crippen LogP contribution in [0.2, 0.25) is 0 Å². The highest BCUT2D eigenvalue weighted by Crippen LogP contribution is 2.30. The van der Waals surface area contributed by atoms with Crippen LogP contribution in [-0.2, 0) is 5.72 Å². The van der Waals surface area contributed by atoms with E-state index in [1.165, 1.54) is 6.08 Å². The zero-order valence-corrected chi connectivity index (χ0v) is 10.8. The van der Waals surface area contributed by atoms with E-state index < -0.39 is 35.0 Å². The molecule has 0 spiro atoms. The number of carbonyl (C=O) groups excluding carboxylic acids is 1. The van der Waals surface area contributed by atoms with Gasteiger partial charge in [0.05, 0.1) is 6.61 Å². The van der Waals surface area contributed by atoms with Crippen molar-refractivity contribution in [1.29, 1.82) is 0 Å². The lowest BCUT2D eigenvalue weighted by Gasteiger charge is -2.19. The maximum atomic E-state index is 11.9. The molecule has 1 aromatic rings. The number of unbranched alkanes of at least 4 members (excludes halogenated alkanes) is 1. The highest BCUT2D eigenvalue weighted by molar-refractivity contribution is 5.99. The van der Waals surface area contributed by atoms with Crippen LogP contribution < -0.4 is 10.7 Å². The van der Waals surface area contributed by atoms with Gasteiger partial charge in [0.2, 0.25) is 16.9 Å². The molecule has 1 aromatic heterocycles. The Hall–Kier alpha value is -2.12. The number of fused-ring (bicyclic) bond motifs is 1. The largest absolute Gasteiger partial charge is 0.502 e. The average Bonchev–Trinajstić information content (AvgIpc) is 2.67. The molecule has 0 aromatic carbocycles. The van der Waals surface area contributed by atoms with Crippen LogP contribution in [0.25, 0.3) is 6.08 Å². The fourth-order valence-electron chi connectivity index (χ4n) is 1.93. The van der Waals surface area contributed by atoms with Gasteiger partial charge in [0.25, 0.3) is 5.91 Å². The number of nitrogens with one attached hydrogen (secondary N) is 1. The summed E-state index contributed by atoms with van der Waals surface area (Å²) in [7, 11) is 0. The van der Waals surface area contributed by atoms with E-state index in [1.807, 2.05) is 12.2 Å². The molecular weight excluding hydrogens is 266 g/mol. The van der Waals surface area contributed by atoms with Gasteiger partial charge in [0, 0.05) is 0 Å². The van der Waals surface area contributed by atoms with E-state index in [4.69, 9.17) is 9.52 Å². The lowest BCUT2D eigenvalue weighted by molar-refractivity contribution is -0.0502. The first-order valence-electron chi connectivity index (χ1n) is 6.17. The molecule has 4 N–H and O–H groups in total. The zero-order valence-electron chi connectivity index (χ0n) is 10.8. The number of aliphatic hydroxyl groups excluding tert-OH is 1. The first kappa shape index (κ1) is 14.3. The number of aromatic hydroxyl groups is 1. The van der Waals surface area contributed by atoms with Gasteiger partial charge in [-0.3, -0.25) is 9.59 Å². The summed E-state index contributed by atoms with van der Waals surface area (Å²) in [6.45, 7) is 1.10. The third kappa shape index (κ3) is 2.10. The lowest BCUT2D eigenvalue weighted by atomic mass is 10.1. The van der Waals surface area contributed by atoms with Crippen molar-refractivity contribution in [2.45, 2.75) is 25.5 Å². The number of hydrogen-bond donors (Lipinski definition) is 4. The third-order valence-corrected chi connectivity index (χ3v) is 2.99. The maximum Gasteiger partial charge on any atom is 0.261 e. The summed E-state index contributed by atoms with van der Waals surface area (Å²) in [5.74, 6) is -2.15. The molecule has 1 amide bonds. The monoisotopic (exact) mass is 281 g/mol. The summed E-state index contributed by atoms with van der Waals surface area (Å²) in [5, 5.41) is 30.9. The summed E-state index contributed by atoms with van der Waals surface area (Å²) in [5.41, 5.74) is -3.58. The molecule has 0 saturated carbocycles. The van der Waals surface area contributed by atoms with Crippen LogP contribution in [0, 0.1) is 0 Å². The van der Waals surface area contributed by atoms with Crippen molar-refractivity contribution in [2.75, 3.05) is 6.61 Å². The van der Waals surface area contributed by atoms with E-state index >= 15 is 0 Å². The Bertz CT molecular complexity index is 632. The molecule has 20 heavy (non-hydrogen) atoms. The highest BCUT2D eigenvalue weighted by Gasteiger charge is 2.46. The molecule has 0 aliphatic carbocycles. The summed E-state index contributed by atoms with van der Waals surface area (Å²) >= 11 is 0. The molecule has 1 unspecified atom stereocenters. The Morgan fingerprint density at radius 3 is 2.70 bits per heavy atom. The molecule has 0 fully saturated rings. The molecule has 2 rings (SSSR count). The summed E-state index contributed by atoms with van der Waals surface area (Å²) < 4.78 is 5.22. The first-order valence-corrected chi connectivity index (χ1v) is 6.17. The average molecular weight is 281 g/mol. The van der Waals surface area contributed by atoms with Crippen LogP contribution >= 0.6 is 0 Å². The molecule has 0 saturated heterocycles. The SMILES string of the molecule is CCC/C=C/c1oc2c(c(=O)c1O)C(=O)NC2(O)CO. The molecule has 0 radical (unpaired) electrons. The third-order valence-electron chi connectivity index (χ3n) is 2.99. The molecule has 108 valence electrons. The molecule has 7 heteroatoms. The Balaban J connectivity index is 2.61. The van der Waals surface area contributed by atoms with Crippen molar-refractivity contribution in [1.82, 2.24) is 5.32 Å². The van der Waals surface area contributed by atoms with Crippen molar-refractivity contribution in [3.63, 3.8) is 0 Å². The standard InChI is InChI=1S/C13H15NO6/c1-2-3-4-5-7-9(16)10(17)8-11(20-7)13(19,6-15)14-12(8)18/h4-5,15-16,19H,2-3,6H2,1H3,(H,14,18)/b5-4+. The highest BCUT2D eigenvalue weighted by atomic mass is 16.4. The Morgan fingerprint density at radius 2 is 2.10 bits per heavy atom. The minimum Gasteiger partial charge on any atom is -0.502 e. The lowest BCUT2D eigenvalue weighted by Crippen LogP contribution is -2.42. The molecule has 2 heterocycles. The van der Waals surface area contributed by atoms with Crippen LogP contribution in [0.15, 0.2) is 15.3 Å². The van der Waals surface area contributed by atoms with E-state index in [-0.39, 0.29) is 11.5 Å². The van der Waals surface area contributed by atoms with Gasteiger partial charge in [0.15, 0.2) is 11.5 Å². The van der Waals surface area contributed by atoms with Gasteiger partial charge < -0.3 is 25.1 Å². The van der Waals surface area contributed by atoms with E-state index in [1.54, 1.807) is 6.08 Å². The summed E-state index contributed by atoms with van der Waals surface area (Å²) in [6.07, 6.45) is 4.66. The predicted octanol–water partition coefficient (Wildman–Crippen LogP) is 0.0395. The Morgan fingerprint density at radius 1 is 1.40 bits per heavy atom. The van der Waals surface area contributed by atoms with Gasteiger partial charge in [-0.25, -0.2) is 0 Å². The van der Waals surface area contributed by atoms with Crippen molar-refractivity contribution in [3.05, 3.63) is 33.4 Å². The maximum absolute atomic E-state index is 11.9. The van der Waals surface area contributed by atoms with Gasteiger partial charge in [0.1, 0.15) is 5.56 Å². The van der Waals surface area contributed by atoms with Crippen molar-refractivity contribution in [2.24, 2.45) is 0 Å². The summed E-state index contributed by atoms with van der Waals surface area (Å²) in [6, 6.07) is 0. The smallest absolute Gasteiger partial charge is 0.261 e. The number of aliphatic hydroxyl groups is 2. The topological polar surface area (TPSA) is 120 Å². The number of amides is 1. The minimum atomic E-state index is -2.15. The van der Waals surface area contributed by atoms with Crippen LogP contribution in [-0.4, -0.2) is 27.8 Å². The second-order valence-electron chi connectivity index (χ2n) is 4.51. The quantitative estimate of drug-likeness (QED) is 0.618. The molecule has 7 nitrogen and oxygen atoms in total. The van der Waals surface area contributed by atoms with E-state index in [0.717, 1.165) is 6.42 Å². The second kappa shape index (κ2) is 5.10. The van der Waals surface area contributed by atoms with Crippen molar-refractivity contribution in [3.8, 4) is 5.75 Å². The zero-order chi connectivity index (χ0) is 14.9. The van der Waals surface area contributed by atoms with Crippen LogP contribution in [0.3, 0.4) is 0 Å². The first-order chi connectivity index (χ1) is 9.44. The van der Waals surface area contributed by atoms with Crippen LogP contribution in [0.4, 0.5) is 0 Å². The van der Waals surface area contributed by atoms with E-state index in [9.17, 15) is 19.8 Å². The fourth-order valence-corrected chi connectivity index (χ4v) is 1.93. The van der Waals surface area contributed by atoms with Crippen LogP contribution in [0.5, 0.6) is 5.75 Å². The number of allylic oxidation sites excluding steroid dienone is 1. The molecule has 1 atom stereocenters. The van der Waals surface area contributed by atoms with Gasteiger partial charge in [-0.2, -0.15) is 0 Å². The van der Waals surface area contributed by atoms with Crippen LogP contribution in [0.1, 0.15) is 41.6 Å². The van der Waals surface area contributed by atoms with E-state index in [0.29, 0.717) is 6.42 Å². The van der Waals surface area contributed by atoms with Gasteiger partial charge in [-0.15, -0.1) is 0 Å². The molecule has 0 bridgehead atoms. The summed E-state index contributed by atoms with van der Waals surface area (Å²) in [4.78, 5) is 23.5. The number of hydrogen-bond acceptors (Lipinski definition) is 6. The van der Waals surface area contributed by atoms with Gasteiger partial charge in [-0.1, -0.05) is 19.4 Å². The van der Waals surface area contributed by atoms with E-state index in [2.05, 4.69) is 0 Å². The van der Waals surface area contributed by atoms with Gasteiger partial charge >= 0.3 is 0 Å². The van der Waals surface area contributed by atoms with Crippen molar-refractivity contribution < 1.29 is 24.5 Å². The number of rotatable bonds is 4. The molecule has 1 aliphatic heterocycles. The molecule has 1 aliphatic rings. The molecular formula is C13H15NO6. The normalized spacial score (nSPS) is 21.2. The predicted molar refractivity (Wildman–Crippen MR) is 69.0 cm³/mol. The Kier molecular flexibility index (Phi) is 3.65. The number of carbonyl (C=O) groups is 1. The second-order valence-corrected chi connectivity index (χ2v) is 4.51. The Labute approximate surface area is 114 Å². The minimum absolute atomic E-state index is 0.162. The fraction of sp³-hybridized carbons (Fsp3) is 0.385. The van der Waals surface area contributed by atoms with Gasteiger partial charge in [-0.05, 0) is 12.5 Å². The van der Waals surface area contributed by atoms with Crippen molar-refractivity contribution >= 4 is 12.0 Å².